The largest absolute Gasteiger partial charge is 0.497 e. The van der Waals surface area contributed by atoms with Crippen molar-refractivity contribution in [1.29, 1.82) is 0 Å². The van der Waals surface area contributed by atoms with E-state index in [0.717, 1.165) is 0 Å². The molecule has 10 heteroatoms. The monoisotopic (exact) mass is 465 g/mol. The zero-order chi connectivity index (χ0) is 24.5. The van der Waals surface area contributed by atoms with Gasteiger partial charge in [-0.1, -0.05) is 6.07 Å². The Morgan fingerprint density at radius 3 is 2.03 bits per heavy atom. The normalized spacial score (nSPS) is 10.5. The SMILES string of the molecule is COc1cccc(C(=O)N=Nc2ccc(NOC(=O)c3cc(OC)c(OC)c(OC)c3)cc2)c1. The fourth-order valence-electron chi connectivity index (χ4n) is 2.88. The van der Waals surface area contributed by atoms with E-state index in [0.29, 0.717) is 39.9 Å². The Kier molecular flexibility index (Phi) is 8.01. The van der Waals surface area contributed by atoms with Crippen molar-refractivity contribution in [2.45, 2.75) is 0 Å². The molecule has 0 heterocycles. The van der Waals surface area contributed by atoms with Crippen LogP contribution in [-0.2, 0) is 4.84 Å². The van der Waals surface area contributed by atoms with Crippen LogP contribution in [0.25, 0.3) is 0 Å². The van der Waals surface area contributed by atoms with Crippen molar-refractivity contribution in [2.24, 2.45) is 10.2 Å². The maximum atomic E-state index is 12.5. The number of hydrogen-bond donors (Lipinski definition) is 1. The Bertz CT molecular complexity index is 1170. The number of carbonyl (C=O) groups is 2. The summed E-state index contributed by atoms with van der Waals surface area (Å²) in [4.78, 5) is 29.8. The van der Waals surface area contributed by atoms with Crippen LogP contribution in [0.5, 0.6) is 23.0 Å². The molecule has 1 amide bonds. The summed E-state index contributed by atoms with van der Waals surface area (Å²) in [5.74, 6) is 0.410. The van der Waals surface area contributed by atoms with Crippen LogP contribution in [0.3, 0.4) is 0 Å². The molecule has 176 valence electrons. The number of azo groups is 1. The first-order valence-electron chi connectivity index (χ1n) is 9.96. The molecule has 3 aromatic carbocycles. The molecule has 1 N–H and O–H groups in total. The fraction of sp³-hybridized carbons (Fsp3) is 0.167. The maximum Gasteiger partial charge on any atom is 0.363 e. The van der Waals surface area contributed by atoms with Crippen molar-refractivity contribution in [3.05, 3.63) is 71.8 Å². The maximum absolute atomic E-state index is 12.5. The average molecular weight is 465 g/mol. The van der Waals surface area contributed by atoms with Crippen molar-refractivity contribution in [2.75, 3.05) is 33.9 Å². The minimum Gasteiger partial charge on any atom is -0.497 e. The van der Waals surface area contributed by atoms with Crippen LogP contribution in [0, 0.1) is 0 Å². The van der Waals surface area contributed by atoms with Gasteiger partial charge in [-0.05, 0) is 54.6 Å². The summed E-state index contributed by atoms with van der Waals surface area (Å²) < 4.78 is 20.8. The summed E-state index contributed by atoms with van der Waals surface area (Å²) >= 11 is 0. The number of ether oxygens (including phenoxy) is 4. The van der Waals surface area contributed by atoms with Gasteiger partial charge >= 0.3 is 5.97 Å². The highest BCUT2D eigenvalue weighted by Gasteiger charge is 2.18. The molecule has 0 aromatic heterocycles. The number of nitrogens with one attached hydrogen (secondary N) is 1. The van der Waals surface area contributed by atoms with Crippen LogP contribution >= 0.6 is 0 Å². The Hall–Kier alpha value is -4.60. The summed E-state index contributed by atoms with van der Waals surface area (Å²) in [6.07, 6.45) is 0. The van der Waals surface area contributed by atoms with Gasteiger partial charge in [0.1, 0.15) is 5.75 Å². The highest BCUT2D eigenvalue weighted by molar-refractivity contribution is 5.95. The molecule has 0 saturated carbocycles. The molecule has 0 aliphatic rings. The van der Waals surface area contributed by atoms with Crippen LogP contribution < -0.4 is 24.4 Å². The number of nitrogens with zero attached hydrogens (tertiary/aromatic N) is 2. The van der Waals surface area contributed by atoms with E-state index in [1.807, 2.05) is 0 Å². The van der Waals surface area contributed by atoms with E-state index in [1.54, 1.807) is 48.5 Å². The first-order chi connectivity index (χ1) is 16.5. The lowest BCUT2D eigenvalue weighted by Crippen LogP contribution is -2.11. The van der Waals surface area contributed by atoms with Crippen molar-refractivity contribution >= 4 is 23.3 Å². The quantitative estimate of drug-likeness (QED) is 0.353. The Labute approximate surface area is 196 Å². The molecular formula is C24H23N3O7. The summed E-state index contributed by atoms with van der Waals surface area (Å²) in [5, 5.41) is 7.66. The van der Waals surface area contributed by atoms with Crippen LogP contribution in [-0.4, -0.2) is 40.3 Å². The molecule has 10 nitrogen and oxygen atoms in total. The van der Waals surface area contributed by atoms with E-state index in [-0.39, 0.29) is 5.56 Å². The van der Waals surface area contributed by atoms with E-state index < -0.39 is 11.9 Å². The van der Waals surface area contributed by atoms with Crippen molar-refractivity contribution in [1.82, 2.24) is 0 Å². The molecule has 0 aliphatic heterocycles. The lowest BCUT2D eigenvalue weighted by Gasteiger charge is -2.14. The van der Waals surface area contributed by atoms with E-state index in [9.17, 15) is 9.59 Å². The molecule has 0 radical (unpaired) electrons. The molecule has 3 rings (SSSR count). The molecule has 0 aliphatic carbocycles. The zero-order valence-corrected chi connectivity index (χ0v) is 19.0. The number of hydrogen-bond acceptors (Lipinski definition) is 9. The summed E-state index contributed by atoms with van der Waals surface area (Å²) in [6, 6.07) is 16.0. The topological polar surface area (TPSA) is 117 Å². The van der Waals surface area contributed by atoms with Crippen molar-refractivity contribution in [3.8, 4) is 23.0 Å². The number of anilines is 1. The van der Waals surface area contributed by atoms with Gasteiger partial charge in [0.15, 0.2) is 11.5 Å². The van der Waals surface area contributed by atoms with E-state index >= 15 is 0 Å². The summed E-state index contributed by atoms with van der Waals surface area (Å²) in [5.41, 5.74) is 4.05. The molecule has 0 spiro atoms. The highest BCUT2D eigenvalue weighted by Crippen LogP contribution is 2.38. The number of benzene rings is 3. The second kappa shape index (κ2) is 11.3. The van der Waals surface area contributed by atoms with Gasteiger partial charge in [0, 0.05) is 5.56 Å². The standard InChI is InChI=1S/C24H23N3O7/c1-30-19-7-5-6-15(12-19)23(28)26-25-17-8-10-18(11-9-17)27-34-24(29)16-13-20(31-2)22(33-4)21(14-16)32-3/h5-14,27H,1-4H3. The van der Waals surface area contributed by atoms with Crippen LogP contribution in [0.2, 0.25) is 0 Å². The minimum atomic E-state index is -0.660. The third kappa shape index (κ3) is 5.80. The Morgan fingerprint density at radius 2 is 1.44 bits per heavy atom. The van der Waals surface area contributed by atoms with Gasteiger partial charge < -0.3 is 23.8 Å². The molecule has 3 aromatic rings. The van der Waals surface area contributed by atoms with Crippen LogP contribution in [0.4, 0.5) is 11.4 Å². The van der Waals surface area contributed by atoms with Gasteiger partial charge in [0.2, 0.25) is 5.75 Å². The van der Waals surface area contributed by atoms with Gasteiger partial charge in [0.25, 0.3) is 5.91 Å². The fourth-order valence-corrected chi connectivity index (χ4v) is 2.88. The average Bonchev–Trinajstić information content (AvgIpc) is 2.89. The molecular weight excluding hydrogens is 442 g/mol. The van der Waals surface area contributed by atoms with E-state index in [1.165, 1.54) is 40.6 Å². The predicted molar refractivity (Wildman–Crippen MR) is 123 cm³/mol. The Morgan fingerprint density at radius 1 is 0.765 bits per heavy atom. The zero-order valence-electron chi connectivity index (χ0n) is 19.0. The minimum absolute atomic E-state index is 0.198. The smallest absolute Gasteiger partial charge is 0.363 e. The first-order valence-corrected chi connectivity index (χ1v) is 9.96. The van der Waals surface area contributed by atoms with Gasteiger partial charge in [0.05, 0.1) is 45.4 Å². The van der Waals surface area contributed by atoms with Gasteiger partial charge in [-0.2, -0.15) is 0 Å². The lowest BCUT2D eigenvalue weighted by atomic mass is 10.2. The third-order valence-corrected chi connectivity index (χ3v) is 4.60. The van der Waals surface area contributed by atoms with Gasteiger partial charge in [-0.25, -0.2) is 10.3 Å². The number of amides is 1. The Balaban J connectivity index is 1.62. The van der Waals surface area contributed by atoms with Gasteiger partial charge in [-0.3, -0.25) is 4.79 Å². The second-order valence-electron chi connectivity index (χ2n) is 6.69. The van der Waals surface area contributed by atoms with Crippen LogP contribution in [0.15, 0.2) is 70.9 Å². The lowest BCUT2D eigenvalue weighted by molar-refractivity contribution is 0.0595. The molecule has 0 fully saturated rings. The van der Waals surface area contributed by atoms with Gasteiger partial charge in [-0.15, -0.1) is 10.2 Å². The number of methoxy groups -OCH3 is 4. The summed E-state index contributed by atoms with van der Waals surface area (Å²) in [6.45, 7) is 0. The summed E-state index contributed by atoms with van der Waals surface area (Å²) in [7, 11) is 5.89. The molecule has 0 unspecified atom stereocenters. The third-order valence-electron chi connectivity index (χ3n) is 4.60. The van der Waals surface area contributed by atoms with Crippen molar-refractivity contribution in [3.63, 3.8) is 0 Å². The highest BCUT2D eigenvalue weighted by atomic mass is 16.7. The molecule has 34 heavy (non-hydrogen) atoms. The van der Waals surface area contributed by atoms with E-state index in [2.05, 4.69) is 15.7 Å². The second-order valence-corrected chi connectivity index (χ2v) is 6.69. The first kappa shape index (κ1) is 24.1. The van der Waals surface area contributed by atoms with E-state index in [4.69, 9.17) is 23.8 Å². The van der Waals surface area contributed by atoms with Crippen molar-refractivity contribution < 1.29 is 33.4 Å². The van der Waals surface area contributed by atoms with Crippen LogP contribution in [0.1, 0.15) is 20.7 Å². The predicted octanol–water partition coefficient (Wildman–Crippen LogP) is 4.83. The molecule has 0 bridgehead atoms. The molecule has 0 atom stereocenters. The number of carbonyl (C=O) groups excluding carboxylic acids is 2. The molecule has 0 saturated heterocycles. The number of rotatable bonds is 9.